The zero-order chi connectivity index (χ0) is 0. The summed E-state index contributed by atoms with van der Waals surface area (Å²) in [4.78, 5) is 0. The van der Waals surface area contributed by atoms with Gasteiger partial charge in [0.15, 0.2) is 0 Å². The van der Waals surface area contributed by atoms with Gasteiger partial charge in [-0.05, 0) is 0 Å². The molecular weight excluding hydrogens is 345 g/mol. The molecule has 0 aromatic heterocycles. The Morgan fingerprint density at radius 3 is 0.222 bits per heavy atom. The molecule has 0 atom stereocenters. The molecule has 0 aliphatic heterocycles. The van der Waals surface area contributed by atoms with Gasteiger partial charge >= 0.3 is 325 Å². The van der Waals surface area contributed by atoms with E-state index in [1.54, 1.807) is 0 Å². The summed E-state index contributed by atoms with van der Waals surface area (Å²) in [5, 5.41) is 0. The summed E-state index contributed by atoms with van der Waals surface area (Å²) in [5.74, 6) is 0. The Morgan fingerprint density at radius 1 is 0.222 bits per heavy atom. The summed E-state index contributed by atoms with van der Waals surface area (Å²) in [7, 11) is 0. The zero-order valence-corrected chi connectivity index (χ0v) is 0. The van der Waals surface area contributed by atoms with Gasteiger partial charge in [-0.25, -0.2) is 0 Å². The van der Waals surface area contributed by atoms with Crippen molar-refractivity contribution in [1.29, 1.82) is 0 Å². The van der Waals surface area contributed by atoms with Crippen molar-refractivity contribution in [1.82, 2.24) is 0 Å². The summed E-state index contributed by atoms with van der Waals surface area (Å²) >= 11 is 0. The topological polar surface area (TPSA) is 0 Å². The van der Waals surface area contributed by atoms with Crippen molar-refractivity contribution < 1.29 is 0 Å². The number of hydrogen-bond donors (Lipinski definition) is 0. The maximum absolute atomic E-state index is 0. The van der Waals surface area contributed by atoms with E-state index in [0.29, 0.717) is 0 Å². The quantitative estimate of drug-likeness (QED) is 0.375. The molecule has 0 aromatic carbocycles. The summed E-state index contributed by atoms with van der Waals surface area (Å²) in [6.07, 6.45) is 0. The van der Waals surface area contributed by atoms with Crippen molar-refractivity contribution in [3.63, 3.8) is 0 Å². The first-order valence-electron chi connectivity index (χ1n) is 0. The number of rotatable bonds is 0. The predicted octanol–water partition coefficient (Wildman–Crippen LogP) is -8.25. The Balaban J connectivity index is 0. The van der Waals surface area contributed by atoms with E-state index in [-0.39, 0.29) is 325 Å². The second kappa shape index (κ2) is 51.0. The molecule has 0 aliphatic rings. The molecule has 0 saturated heterocycles. The van der Waals surface area contributed by atoms with Gasteiger partial charge in [-0.3, -0.25) is 0 Å². The summed E-state index contributed by atoms with van der Waals surface area (Å²) < 4.78 is 0. The molecular formula is H18Ca8Mg. The van der Waals surface area contributed by atoms with Crippen LogP contribution in [0.25, 0.3) is 0 Å². The van der Waals surface area contributed by atoms with Gasteiger partial charge in [-0.1, -0.05) is 0 Å². The molecule has 0 nitrogen and oxygen atoms in total. The minimum atomic E-state index is 0. The predicted molar refractivity (Wildman–Crippen MR) is 76.9 cm³/mol. The second-order valence-corrected chi connectivity index (χ2v) is 0. The zero-order valence-electron chi connectivity index (χ0n) is 0. The van der Waals surface area contributed by atoms with Gasteiger partial charge in [0.1, 0.15) is 0 Å². The maximum Gasteiger partial charge on any atom is 0.316 e. The van der Waals surface area contributed by atoms with Crippen LogP contribution < -0.4 is 0 Å². The third kappa shape index (κ3) is 45.5. The van der Waals surface area contributed by atoms with Crippen molar-refractivity contribution in [3.8, 4) is 0 Å². The average molecular weight is 363 g/mol. The van der Waals surface area contributed by atoms with Gasteiger partial charge in [-0.2, -0.15) is 0 Å². The van der Waals surface area contributed by atoms with E-state index in [9.17, 15) is 0 Å². The summed E-state index contributed by atoms with van der Waals surface area (Å²) in [6, 6.07) is 0. The van der Waals surface area contributed by atoms with Crippen molar-refractivity contribution in [2.24, 2.45) is 0 Å². The van der Waals surface area contributed by atoms with Crippen molar-refractivity contribution in [2.45, 2.75) is 0 Å². The van der Waals surface area contributed by atoms with E-state index >= 15 is 0 Å². The molecule has 0 fully saturated rings. The molecule has 9 heteroatoms. The molecule has 0 heterocycles. The van der Waals surface area contributed by atoms with E-state index in [4.69, 9.17) is 0 Å². The van der Waals surface area contributed by atoms with Crippen LogP contribution >= 0.6 is 0 Å². The van der Waals surface area contributed by atoms with Crippen molar-refractivity contribution >= 4 is 325 Å². The third-order valence-corrected chi connectivity index (χ3v) is 0. The summed E-state index contributed by atoms with van der Waals surface area (Å²) in [6.45, 7) is 0. The fraction of sp³-hybridized carbons (Fsp3) is 0. The van der Waals surface area contributed by atoms with Gasteiger partial charge < -0.3 is 0 Å². The fourth-order valence-electron chi connectivity index (χ4n) is 0. The maximum atomic E-state index is 0. The summed E-state index contributed by atoms with van der Waals surface area (Å²) in [5.41, 5.74) is 0. The van der Waals surface area contributed by atoms with Gasteiger partial charge in [0.2, 0.25) is 0 Å². The van der Waals surface area contributed by atoms with Gasteiger partial charge in [0.25, 0.3) is 0 Å². The van der Waals surface area contributed by atoms with E-state index in [0.717, 1.165) is 0 Å². The molecule has 0 aliphatic carbocycles. The Bertz CT molecular complexity index is 4.53. The van der Waals surface area contributed by atoms with Crippen LogP contribution in [0.4, 0.5) is 0 Å². The smallest absolute Gasteiger partial charge is 0.316 e. The van der Waals surface area contributed by atoms with E-state index in [2.05, 4.69) is 0 Å². The third-order valence-electron chi connectivity index (χ3n) is 0. The Morgan fingerprint density at radius 2 is 0.222 bits per heavy atom. The van der Waals surface area contributed by atoms with Crippen LogP contribution in [0.2, 0.25) is 0 Å². The molecule has 0 amide bonds. The SMILES string of the molecule is [CaH2].[CaH2].[CaH2].[CaH2].[CaH2].[CaH2].[CaH2].[CaH2].[MgH2]. The molecule has 0 N–H and O–H groups in total. The minimum absolute atomic E-state index is 0. The first kappa shape index (κ1) is 59.9. The Hall–Kier alpha value is 10.8. The molecule has 0 spiro atoms. The normalized spacial score (nSPS) is 0. The Kier molecular flexibility index (Phi) is 340. The molecule has 0 radical (unpaired) electrons. The van der Waals surface area contributed by atoms with E-state index in [1.165, 1.54) is 0 Å². The average Bonchev–Trinajstić information content (AvgIpc) is 0. The van der Waals surface area contributed by atoms with Gasteiger partial charge in [0.05, 0.1) is 0 Å². The van der Waals surface area contributed by atoms with Crippen LogP contribution in [0, 0.1) is 0 Å². The first-order valence-corrected chi connectivity index (χ1v) is 0. The molecule has 36 valence electrons. The van der Waals surface area contributed by atoms with Crippen LogP contribution in [0.15, 0.2) is 0 Å². The largest absolute Gasteiger partial charge is 0.316 e. The van der Waals surface area contributed by atoms with Crippen LogP contribution in [-0.4, -0.2) is 325 Å². The molecule has 0 rings (SSSR count). The van der Waals surface area contributed by atoms with Gasteiger partial charge in [-0.15, -0.1) is 0 Å². The number of hydrogen-bond acceptors (Lipinski definition) is 0. The molecule has 0 bridgehead atoms. The second-order valence-electron chi connectivity index (χ2n) is 0. The van der Waals surface area contributed by atoms with Gasteiger partial charge in [0, 0.05) is 0 Å². The van der Waals surface area contributed by atoms with Crippen LogP contribution in [0.5, 0.6) is 0 Å². The van der Waals surface area contributed by atoms with Crippen LogP contribution in [0.1, 0.15) is 0 Å². The van der Waals surface area contributed by atoms with Crippen LogP contribution in [-0.2, 0) is 0 Å². The Labute approximate surface area is 313 Å². The molecule has 0 aromatic rings. The van der Waals surface area contributed by atoms with E-state index in [1.807, 2.05) is 0 Å². The standard InChI is InChI=1S/8Ca.Mg.18H. The molecule has 9 heavy (non-hydrogen) atoms. The van der Waals surface area contributed by atoms with Crippen LogP contribution in [0.3, 0.4) is 0 Å². The minimum Gasteiger partial charge on any atom is 0.316 e. The first-order chi connectivity index (χ1) is 0. The monoisotopic (exact) mass is 362 g/mol. The molecule has 0 unspecified atom stereocenters. The van der Waals surface area contributed by atoms with Crippen molar-refractivity contribution in [3.05, 3.63) is 0 Å². The molecule has 0 saturated carbocycles. The van der Waals surface area contributed by atoms with Crippen molar-refractivity contribution in [2.75, 3.05) is 0 Å². The fourth-order valence-corrected chi connectivity index (χ4v) is 0. The van der Waals surface area contributed by atoms with E-state index < -0.39 is 0 Å².